The van der Waals surface area contributed by atoms with Crippen LogP contribution in [0.25, 0.3) is 0 Å². The van der Waals surface area contributed by atoms with Crippen LogP contribution in [0.1, 0.15) is 24.8 Å². The number of nitrogens with two attached hydrogens (primary N) is 1. The molecule has 1 unspecified atom stereocenters. The number of hydrogen-bond acceptors (Lipinski definition) is 4. The monoisotopic (exact) mass is 449 g/mol. The number of ether oxygens (including phenoxy) is 3. The van der Waals surface area contributed by atoms with E-state index in [-0.39, 0.29) is 24.0 Å². The fourth-order valence-corrected chi connectivity index (χ4v) is 2.63. The summed E-state index contributed by atoms with van der Waals surface area (Å²) in [5.74, 6) is 1.96. The molecule has 1 aliphatic heterocycles. The van der Waals surface area contributed by atoms with Gasteiger partial charge in [-0.05, 0) is 43.4 Å². The van der Waals surface area contributed by atoms with Crippen LogP contribution in [0.2, 0.25) is 0 Å². The smallest absolute Gasteiger partial charge is 0.188 e. The number of halogens is 1. The number of aliphatic imine (C=N–C) groups is 1. The van der Waals surface area contributed by atoms with E-state index in [9.17, 15) is 0 Å². The van der Waals surface area contributed by atoms with E-state index in [1.165, 1.54) is 0 Å². The fraction of sp³-hybridized carbons (Fsp3) is 0.588. The summed E-state index contributed by atoms with van der Waals surface area (Å²) < 4.78 is 16.1. The third-order valence-electron chi connectivity index (χ3n) is 3.92. The molecule has 7 heteroatoms. The second-order valence-electron chi connectivity index (χ2n) is 5.56. The zero-order valence-electron chi connectivity index (χ0n) is 14.4. The van der Waals surface area contributed by atoms with Gasteiger partial charge in [0, 0.05) is 19.7 Å². The van der Waals surface area contributed by atoms with Crippen molar-refractivity contribution in [3.63, 3.8) is 0 Å². The van der Waals surface area contributed by atoms with Gasteiger partial charge in [-0.1, -0.05) is 6.07 Å². The normalized spacial score (nSPS) is 17.2. The van der Waals surface area contributed by atoms with Crippen LogP contribution in [0.4, 0.5) is 0 Å². The maximum Gasteiger partial charge on any atom is 0.188 e. The first-order chi connectivity index (χ1) is 11.2. The Hall–Kier alpha value is -1.22. The van der Waals surface area contributed by atoms with E-state index in [1.54, 1.807) is 14.2 Å². The molecule has 6 nitrogen and oxygen atoms in total. The zero-order valence-corrected chi connectivity index (χ0v) is 16.7. The standard InChI is InChI=1S/C17H27N3O3.HI/c1-21-15-6-5-13(12-16(15)22-2)7-9-19-17(18)20-10-8-14-4-3-11-23-14;/h5-6,12,14H,3-4,7-11H2,1-2H3,(H3,18,19,20);1H. The van der Waals surface area contributed by atoms with Crippen LogP contribution in [-0.2, 0) is 11.2 Å². The number of hydrogen-bond donors (Lipinski definition) is 2. The van der Waals surface area contributed by atoms with Crippen molar-refractivity contribution in [1.29, 1.82) is 0 Å². The van der Waals surface area contributed by atoms with Crippen LogP contribution in [-0.4, -0.2) is 46.0 Å². The van der Waals surface area contributed by atoms with E-state index in [1.807, 2.05) is 18.2 Å². The second kappa shape index (κ2) is 11.4. The lowest BCUT2D eigenvalue weighted by Crippen LogP contribution is -2.33. The van der Waals surface area contributed by atoms with Gasteiger partial charge in [0.15, 0.2) is 17.5 Å². The summed E-state index contributed by atoms with van der Waals surface area (Å²) in [5.41, 5.74) is 7.03. The molecule has 1 aromatic rings. The molecular formula is C17H28IN3O3. The summed E-state index contributed by atoms with van der Waals surface area (Å²) in [6, 6.07) is 5.91. The topological polar surface area (TPSA) is 78.1 Å². The Balaban J connectivity index is 0.00000288. The van der Waals surface area contributed by atoms with Crippen molar-refractivity contribution in [3.8, 4) is 11.5 Å². The van der Waals surface area contributed by atoms with Gasteiger partial charge in [0.05, 0.1) is 20.3 Å². The van der Waals surface area contributed by atoms with Gasteiger partial charge in [-0.3, -0.25) is 4.99 Å². The van der Waals surface area contributed by atoms with E-state index < -0.39 is 0 Å². The summed E-state index contributed by atoms with van der Waals surface area (Å²) in [6.07, 6.45) is 4.44. The van der Waals surface area contributed by atoms with Gasteiger partial charge in [-0.25, -0.2) is 0 Å². The Bertz CT molecular complexity index is 520. The molecule has 0 aromatic heterocycles. The molecule has 0 radical (unpaired) electrons. The number of methoxy groups -OCH3 is 2. The average molecular weight is 449 g/mol. The van der Waals surface area contributed by atoms with Crippen molar-refractivity contribution in [2.75, 3.05) is 33.9 Å². The highest BCUT2D eigenvalue weighted by atomic mass is 127. The molecule has 0 spiro atoms. The summed E-state index contributed by atoms with van der Waals surface area (Å²) in [5, 5.41) is 3.14. The number of rotatable bonds is 8. The van der Waals surface area contributed by atoms with Gasteiger partial charge in [0.1, 0.15) is 0 Å². The van der Waals surface area contributed by atoms with Crippen LogP contribution in [0, 0.1) is 0 Å². The number of benzene rings is 1. The van der Waals surface area contributed by atoms with Crippen molar-refractivity contribution in [1.82, 2.24) is 5.32 Å². The lowest BCUT2D eigenvalue weighted by atomic mass is 10.1. The van der Waals surface area contributed by atoms with Crippen molar-refractivity contribution in [2.24, 2.45) is 10.7 Å². The highest BCUT2D eigenvalue weighted by Crippen LogP contribution is 2.27. The predicted molar refractivity (Wildman–Crippen MR) is 107 cm³/mol. The Morgan fingerprint density at radius 2 is 2.12 bits per heavy atom. The molecule has 1 aromatic carbocycles. The molecule has 24 heavy (non-hydrogen) atoms. The first kappa shape index (κ1) is 20.8. The number of nitrogens with zero attached hydrogens (tertiary/aromatic N) is 1. The third kappa shape index (κ3) is 6.72. The fourth-order valence-electron chi connectivity index (χ4n) is 2.63. The lowest BCUT2D eigenvalue weighted by Gasteiger charge is -2.10. The number of nitrogens with one attached hydrogen (secondary N) is 1. The molecule has 1 heterocycles. The van der Waals surface area contributed by atoms with Gasteiger partial charge in [-0.15, -0.1) is 24.0 Å². The largest absolute Gasteiger partial charge is 0.493 e. The molecule has 0 bridgehead atoms. The maximum absolute atomic E-state index is 5.88. The predicted octanol–water partition coefficient (Wildman–Crippen LogP) is 2.34. The molecule has 2 rings (SSSR count). The lowest BCUT2D eigenvalue weighted by molar-refractivity contribution is 0.106. The molecule has 3 N–H and O–H groups in total. The number of guanidine groups is 1. The molecular weight excluding hydrogens is 421 g/mol. The highest BCUT2D eigenvalue weighted by Gasteiger charge is 2.14. The van der Waals surface area contributed by atoms with Crippen LogP contribution in [0.5, 0.6) is 11.5 Å². The minimum absolute atomic E-state index is 0. The van der Waals surface area contributed by atoms with Gasteiger partial charge in [0.2, 0.25) is 0 Å². The van der Waals surface area contributed by atoms with Gasteiger partial charge < -0.3 is 25.3 Å². The molecule has 0 amide bonds. The highest BCUT2D eigenvalue weighted by molar-refractivity contribution is 14.0. The molecule has 0 aliphatic carbocycles. The summed E-state index contributed by atoms with van der Waals surface area (Å²) >= 11 is 0. The molecule has 1 fully saturated rings. The quantitative estimate of drug-likeness (QED) is 0.362. The van der Waals surface area contributed by atoms with Crippen LogP contribution < -0.4 is 20.5 Å². The van der Waals surface area contributed by atoms with Gasteiger partial charge >= 0.3 is 0 Å². The summed E-state index contributed by atoms with van der Waals surface area (Å²) in [7, 11) is 3.27. The van der Waals surface area contributed by atoms with Crippen molar-refractivity contribution >= 4 is 29.9 Å². The van der Waals surface area contributed by atoms with Crippen LogP contribution in [0.3, 0.4) is 0 Å². The average Bonchev–Trinajstić information content (AvgIpc) is 3.08. The molecule has 136 valence electrons. The summed E-state index contributed by atoms with van der Waals surface area (Å²) in [6.45, 7) is 2.32. The zero-order chi connectivity index (χ0) is 16.5. The van der Waals surface area contributed by atoms with E-state index in [2.05, 4.69) is 10.3 Å². The van der Waals surface area contributed by atoms with Crippen molar-refractivity contribution in [3.05, 3.63) is 23.8 Å². The van der Waals surface area contributed by atoms with Gasteiger partial charge in [0.25, 0.3) is 0 Å². The van der Waals surface area contributed by atoms with E-state index in [0.717, 1.165) is 55.9 Å². The Morgan fingerprint density at radius 1 is 1.33 bits per heavy atom. The molecule has 0 saturated carbocycles. The SMILES string of the molecule is COc1ccc(CCNC(N)=NCCC2CCCO2)cc1OC.I. The van der Waals surface area contributed by atoms with Crippen LogP contribution >= 0.6 is 24.0 Å². The Kier molecular flexibility index (Phi) is 9.85. The van der Waals surface area contributed by atoms with E-state index >= 15 is 0 Å². The molecule has 1 atom stereocenters. The minimum atomic E-state index is 0. The molecule has 1 aliphatic rings. The minimum Gasteiger partial charge on any atom is -0.493 e. The first-order valence-corrected chi connectivity index (χ1v) is 8.09. The van der Waals surface area contributed by atoms with E-state index in [0.29, 0.717) is 18.6 Å². The van der Waals surface area contributed by atoms with Crippen molar-refractivity contribution < 1.29 is 14.2 Å². The Morgan fingerprint density at radius 3 is 2.79 bits per heavy atom. The molecule has 1 saturated heterocycles. The third-order valence-corrected chi connectivity index (χ3v) is 3.92. The maximum atomic E-state index is 5.88. The van der Waals surface area contributed by atoms with E-state index in [4.69, 9.17) is 19.9 Å². The summed E-state index contributed by atoms with van der Waals surface area (Å²) in [4.78, 5) is 4.34. The van der Waals surface area contributed by atoms with Crippen molar-refractivity contribution in [2.45, 2.75) is 31.8 Å². The second-order valence-corrected chi connectivity index (χ2v) is 5.56. The Labute approximate surface area is 161 Å². The van der Waals surface area contributed by atoms with Gasteiger partial charge in [-0.2, -0.15) is 0 Å². The first-order valence-electron chi connectivity index (χ1n) is 8.09. The van der Waals surface area contributed by atoms with Crippen LogP contribution in [0.15, 0.2) is 23.2 Å².